The number of carbonyl (C=O) groups excluding carboxylic acids is 2. The molecule has 0 aliphatic rings. The molecule has 2 amide bonds. The standard InChI is InChI=1S/C17H16N4O2S2/c1-9-16(20-13-6-4-3-5-12(13)19-9)25-10(2)15(23)21-17-11(14(18)22)7-8-24-17/h3-8,10H,1-2H3,(H2,18,22)(H,21,23). The highest BCUT2D eigenvalue weighted by molar-refractivity contribution is 8.00. The number of nitrogens with zero attached hydrogens (tertiary/aromatic N) is 2. The van der Waals surface area contributed by atoms with Crippen LogP contribution in [0.4, 0.5) is 5.00 Å². The highest BCUT2D eigenvalue weighted by Crippen LogP contribution is 2.28. The Morgan fingerprint density at radius 1 is 1.20 bits per heavy atom. The zero-order valence-electron chi connectivity index (χ0n) is 13.6. The molecule has 0 aliphatic carbocycles. The number of nitrogens with one attached hydrogen (secondary N) is 1. The largest absolute Gasteiger partial charge is 0.366 e. The van der Waals surface area contributed by atoms with Crippen molar-refractivity contribution in [1.82, 2.24) is 9.97 Å². The number of thiophene rings is 1. The summed E-state index contributed by atoms with van der Waals surface area (Å²) in [5.41, 5.74) is 8.01. The maximum atomic E-state index is 12.4. The number of fused-ring (bicyclic) bond motifs is 1. The van der Waals surface area contributed by atoms with E-state index in [1.54, 1.807) is 18.4 Å². The smallest absolute Gasteiger partial charge is 0.251 e. The number of hydrogen-bond donors (Lipinski definition) is 2. The van der Waals surface area contributed by atoms with Crippen LogP contribution in [0.3, 0.4) is 0 Å². The zero-order chi connectivity index (χ0) is 18.0. The summed E-state index contributed by atoms with van der Waals surface area (Å²) >= 11 is 2.60. The Labute approximate surface area is 152 Å². The Bertz CT molecular complexity index is 955. The van der Waals surface area contributed by atoms with Crippen molar-refractivity contribution < 1.29 is 9.59 Å². The Morgan fingerprint density at radius 3 is 2.56 bits per heavy atom. The molecule has 2 aromatic heterocycles. The fourth-order valence-corrected chi connectivity index (χ4v) is 3.88. The molecule has 0 fully saturated rings. The number of para-hydroxylation sites is 2. The number of amides is 2. The van der Waals surface area contributed by atoms with E-state index in [9.17, 15) is 9.59 Å². The number of benzene rings is 1. The van der Waals surface area contributed by atoms with E-state index in [0.717, 1.165) is 16.7 Å². The molecule has 128 valence electrons. The molecular weight excluding hydrogens is 356 g/mol. The van der Waals surface area contributed by atoms with Gasteiger partial charge in [-0.1, -0.05) is 23.9 Å². The fraction of sp³-hybridized carbons (Fsp3) is 0.176. The second-order valence-corrected chi connectivity index (χ2v) is 7.63. The molecule has 0 spiro atoms. The first-order valence-corrected chi connectivity index (χ1v) is 9.30. The summed E-state index contributed by atoms with van der Waals surface area (Å²) in [7, 11) is 0. The van der Waals surface area contributed by atoms with Gasteiger partial charge in [-0.25, -0.2) is 9.97 Å². The van der Waals surface area contributed by atoms with Gasteiger partial charge in [0.05, 0.1) is 27.5 Å². The lowest BCUT2D eigenvalue weighted by Gasteiger charge is -2.13. The van der Waals surface area contributed by atoms with E-state index in [1.165, 1.54) is 23.1 Å². The fourth-order valence-electron chi connectivity index (χ4n) is 2.22. The molecule has 3 N–H and O–H groups in total. The third-order valence-electron chi connectivity index (χ3n) is 3.53. The number of aromatic nitrogens is 2. The third kappa shape index (κ3) is 3.80. The highest BCUT2D eigenvalue weighted by atomic mass is 32.2. The molecule has 0 bridgehead atoms. The number of aryl methyl sites for hydroxylation is 1. The van der Waals surface area contributed by atoms with Crippen molar-refractivity contribution in [3.8, 4) is 0 Å². The average Bonchev–Trinajstić information content (AvgIpc) is 3.03. The number of rotatable bonds is 5. The Balaban J connectivity index is 1.76. The van der Waals surface area contributed by atoms with E-state index >= 15 is 0 Å². The van der Waals surface area contributed by atoms with Crippen LogP contribution in [-0.2, 0) is 4.79 Å². The van der Waals surface area contributed by atoms with Crippen LogP contribution in [0.2, 0.25) is 0 Å². The van der Waals surface area contributed by atoms with Crippen LogP contribution in [-0.4, -0.2) is 27.0 Å². The molecule has 1 unspecified atom stereocenters. The van der Waals surface area contributed by atoms with Crippen molar-refractivity contribution in [2.24, 2.45) is 5.73 Å². The van der Waals surface area contributed by atoms with Crippen molar-refractivity contribution in [3.63, 3.8) is 0 Å². The van der Waals surface area contributed by atoms with E-state index in [-0.39, 0.29) is 5.91 Å². The van der Waals surface area contributed by atoms with Crippen molar-refractivity contribution in [3.05, 3.63) is 47.0 Å². The number of carbonyl (C=O) groups is 2. The first-order chi connectivity index (χ1) is 12.0. The summed E-state index contributed by atoms with van der Waals surface area (Å²) < 4.78 is 0. The molecule has 6 nitrogen and oxygen atoms in total. The summed E-state index contributed by atoms with van der Waals surface area (Å²) in [5.74, 6) is -0.780. The van der Waals surface area contributed by atoms with Crippen molar-refractivity contribution >= 4 is 50.9 Å². The molecule has 3 rings (SSSR count). The third-order valence-corrected chi connectivity index (χ3v) is 5.53. The predicted octanol–water partition coefficient (Wildman–Crippen LogP) is 3.22. The normalized spacial score (nSPS) is 12.1. The maximum absolute atomic E-state index is 12.4. The number of primary amides is 1. The van der Waals surface area contributed by atoms with Gasteiger partial charge in [-0.3, -0.25) is 9.59 Å². The Hall–Kier alpha value is -2.45. The topological polar surface area (TPSA) is 98.0 Å². The summed E-state index contributed by atoms with van der Waals surface area (Å²) in [6, 6.07) is 9.21. The van der Waals surface area contributed by atoms with Crippen LogP contribution in [0.15, 0.2) is 40.7 Å². The summed E-state index contributed by atoms with van der Waals surface area (Å²) in [6.07, 6.45) is 0. The van der Waals surface area contributed by atoms with Crippen LogP contribution in [0, 0.1) is 6.92 Å². The van der Waals surface area contributed by atoms with Crippen LogP contribution in [0.5, 0.6) is 0 Å². The lowest BCUT2D eigenvalue weighted by molar-refractivity contribution is -0.115. The van der Waals surface area contributed by atoms with Crippen LogP contribution < -0.4 is 11.1 Å². The first kappa shape index (κ1) is 17.4. The van der Waals surface area contributed by atoms with Gasteiger partial charge in [0.2, 0.25) is 5.91 Å². The van der Waals surface area contributed by atoms with E-state index in [4.69, 9.17) is 5.73 Å². The molecule has 8 heteroatoms. The lowest BCUT2D eigenvalue weighted by atomic mass is 10.3. The van der Waals surface area contributed by atoms with Crippen LogP contribution >= 0.6 is 23.1 Å². The Morgan fingerprint density at radius 2 is 1.88 bits per heavy atom. The quantitative estimate of drug-likeness (QED) is 0.670. The average molecular weight is 372 g/mol. The number of hydrogen-bond acceptors (Lipinski definition) is 6. The Kier molecular flexibility index (Phi) is 5.00. The number of anilines is 1. The van der Waals surface area contributed by atoms with Gasteiger partial charge >= 0.3 is 0 Å². The van der Waals surface area contributed by atoms with E-state index < -0.39 is 11.2 Å². The predicted molar refractivity (Wildman–Crippen MR) is 101 cm³/mol. The van der Waals surface area contributed by atoms with Gasteiger partial charge in [-0.2, -0.15) is 0 Å². The minimum absolute atomic E-state index is 0.218. The first-order valence-electron chi connectivity index (χ1n) is 7.54. The summed E-state index contributed by atoms with van der Waals surface area (Å²) in [5, 5.41) is 5.24. The monoisotopic (exact) mass is 372 g/mol. The SMILES string of the molecule is Cc1nc2ccccc2nc1SC(C)C(=O)Nc1sccc1C(N)=O. The minimum Gasteiger partial charge on any atom is -0.366 e. The minimum atomic E-state index is -0.562. The molecular formula is C17H16N4O2S2. The molecule has 0 radical (unpaired) electrons. The van der Waals surface area contributed by atoms with Crippen molar-refractivity contribution in [2.75, 3.05) is 5.32 Å². The van der Waals surface area contributed by atoms with Gasteiger partial charge in [0.15, 0.2) is 0 Å². The molecule has 2 heterocycles. The summed E-state index contributed by atoms with van der Waals surface area (Å²) in [4.78, 5) is 32.9. The molecule has 3 aromatic rings. The van der Waals surface area contributed by atoms with Gasteiger partial charge < -0.3 is 11.1 Å². The maximum Gasteiger partial charge on any atom is 0.251 e. The summed E-state index contributed by atoms with van der Waals surface area (Å²) in [6.45, 7) is 3.66. The molecule has 25 heavy (non-hydrogen) atoms. The van der Waals surface area contributed by atoms with E-state index in [1.807, 2.05) is 31.2 Å². The second kappa shape index (κ2) is 7.20. The van der Waals surface area contributed by atoms with Crippen LogP contribution in [0.25, 0.3) is 11.0 Å². The zero-order valence-corrected chi connectivity index (χ0v) is 15.3. The van der Waals surface area contributed by atoms with E-state index in [0.29, 0.717) is 15.6 Å². The van der Waals surface area contributed by atoms with Crippen molar-refractivity contribution in [2.45, 2.75) is 24.1 Å². The van der Waals surface area contributed by atoms with Gasteiger partial charge in [0.1, 0.15) is 10.0 Å². The molecule has 1 atom stereocenters. The number of thioether (sulfide) groups is 1. The second-order valence-electron chi connectivity index (χ2n) is 5.38. The lowest BCUT2D eigenvalue weighted by Crippen LogP contribution is -2.24. The molecule has 1 aromatic carbocycles. The van der Waals surface area contributed by atoms with Crippen molar-refractivity contribution in [1.29, 1.82) is 0 Å². The van der Waals surface area contributed by atoms with Gasteiger partial charge in [0.25, 0.3) is 5.91 Å². The van der Waals surface area contributed by atoms with E-state index in [2.05, 4.69) is 15.3 Å². The highest BCUT2D eigenvalue weighted by Gasteiger charge is 2.20. The van der Waals surface area contributed by atoms with Gasteiger partial charge in [-0.05, 0) is 37.4 Å². The molecule has 0 saturated heterocycles. The molecule has 0 aliphatic heterocycles. The number of nitrogens with two attached hydrogens (primary N) is 1. The van der Waals surface area contributed by atoms with Crippen LogP contribution in [0.1, 0.15) is 23.0 Å². The van der Waals surface area contributed by atoms with Gasteiger partial charge in [-0.15, -0.1) is 11.3 Å². The van der Waals surface area contributed by atoms with Gasteiger partial charge in [0, 0.05) is 0 Å². The molecule has 0 saturated carbocycles.